The van der Waals surface area contributed by atoms with Gasteiger partial charge in [0, 0.05) is 18.8 Å². The molecule has 1 saturated heterocycles. The molecule has 1 amide bonds. The summed E-state index contributed by atoms with van der Waals surface area (Å²) < 4.78 is 49.5. The zero-order valence-corrected chi connectivity index (χ0v) is 23.3. The molecule has 0 radical (unpaired) electrons. The molecule has 0 bridgehead atoms. The van der Waals surface area contributed by atoms with E-state index in [2.05, 4.69) is 15.4 Å². The SMILES string of the molecule is C[C@H]1CC[C@H](C(CC(=O)c2c(Cl)cncc2Cl)NC(=O)c2cnn(C3CCC(C)(C(=O)O)CC3)c2C(F)(F)F)O1. The fourth-order valence-corrected chi connectivity index (χ4v) is 5.99. The largest absolute Gasteiger partial charge is 0.481 e. The van der Waals surface area contributed by atoms with Gasteiger partial charge >= 0.3 is 12.1 Å². The number of Topliss-reactive ketones (excluding diaryl/α,β-unsaturated/α-hetero) is 1. The first-order chi connectivity index (χ1) is 18.7. The van der Waals surface area contributed by atoms with Gasteiger partial charge in [-0.15, -0.1) is 0 Å². The van der Waals surface area contributed by atoms with Crippen molar-refractivity contribution in [2.75, 3.05) is 0 Å². The van der Waals surface area contributed by atoms with Gasteiger partial charge in [0.05, 0.1) is 57.1 Å². The Labute approximate surface area is 238 Å². The van der Waals surface area contributed by atoms with Crippen molar-refractivity contribution >= 4 is 40.9 Å². The molecule has 1 aliphatic heterocycles. The number of carboxylic acid groups (broad SMARTS) is 1. The molecule has 2 aromatic heterocycles. The van der Waals surface area contributed by atoms with Crippen LogP contribution in [-0.4, -0.2) is 55.8 Å². The molecule has 2 N–H and O–H groups in total. The van der Waals surface area contributed by atoms with E-state index < -0.39 is 58.7 Å². The highest BCUT2D eigenvalue weighted by molar-refractivity contribution is 6.39. The van der Waals surface area contributed by atoms with Gasteiger partial charge in [0.2, 0.25) is 0 Å². The molecule has 3 heterocycles. The highest BCUT2D eigenvalue weighted by Gasteiger charge is 2.45. The molecule has 9 nitrogen and oxygen atoms in total. The fraction of sp³-hybridized carbons (Fsp3) is 0.577. The molecule has 3 atom stereocenters. The number of carbonyl (C=O) groups is 3. The van der Waals surface area contributed by atoms with E-state index in [1.165, 1.54) is 12.4 Å². The summed E-state index contributed by atoms with van der Waals surface area (Å²) in [4.78, 5) is 41.9. The average molecular weight is 605 g/mol. The van der Waals surface area contributed by atoms with E-state index in [0.29, 0.717) is 12.8 Å². The third kappa shape index (κ3) is 6.28. The number of ether oxygens (including phenoxy) is 1. The summed E-state index contributed by atoms with van der Waals surface area (Å²) in [6.45, 7) is 3.39. The van der Waals surface area contributed by atoms with Crippen LogP contribution in [-0.2, 0) is 15.7 Å². The Morgan fingerprint density at radius 3 is 2.30 bits per heavy atom. The van der Waals surface area contributed by atoms with Crippen LogP contribution in [0.1, 0.15) is 91.2 Å². The molecule has 2 aromatic rings. The van der Waals surface area contributed by atoms with Gasteiger partial charge in [0.1, 0.15) is 0 Å². The molecule has 0 spiro atoms. The van der Waals surface area contributed by atoms with Crippen molar-refractivity contribution in [2.24, 2.45) is 5.41 Å². The quantitative estimate of drug-likeness (QED) is 0.368. The van der Waals surface area contributed by atoms with Crippen LogP contribution in [0.4, 0.5) is 13.2 Å². The third-order valence-electron chi connectivity index (χ3n) is 7.80. The molecular formula is C26H29Cl2F3N4O5. The van der Waals surface area contributed by atoms with Gasteiger partial charge in [-0.3, -0.25) is 24.0 Å². The maximum atomic E-state index is 14.3. The molecule has 4 rings (SSSR count). The third-order valence-corrected chi connectivity index (χ3v) is 8.37. The van der Waals surface area contributed by atoms with Crippen LogP contribution in [0.5, 0.6) is 0 Å². The Kier molecular flexibility index (Phi) is 8.82. The van der Waals surface area contributed by atoms with Gasteiger partial charge in [-0.25, -0.2) is 0 Å². The Morgan fingerprint density at radius 2 is 1.77 bits per heavy atom. The number of carbonyl (C=O) groups excluding carboxylic acids is 2. The van der Waals surface area contributed by atoms with Gasteiger partial charge in [-0.1, -0.05) is 23.2 Å². The van der Waals surface area contributed by atoms with Crippen molar-refractivity contribution in [1.82, 2.24) is 20.1 Å². The number of halogens is 5. The Morgan fingerprint density at radius 1 is 1.15 bits per heavy atom. The maximum Gasteiger partial charge on any atom is 0.433 e. The zero-order valence-electron chi connectivity index (χ0n) is 21.8. The van der Waals surface area contributed by atoms with Crippen molar-refractivity contribution in [3.63, 3.8) is 0 Å². The van der Waals surface area contributed by atoms with Crippen molar-refractivity contribution in [3.8, 4) is 0 Å². The average Bonchev–Trinajstić information content (AvgIpc) is 3.51. The lowest BCUT2D eigenvalue weighted by Crippen LogP contribution is -2.45. The summed E-state index contributed by atoms with van der Waals surface area (Å²) in [5.41, 5.74) is -2.94. The molecule has 2 aliphatic rings. The highest BCUT2D eigenvalue weighted by atomic mass is 35.5. The van der Waals surface area contributed by atoms with E-state index in [0.717, 1.165) is 10.9 Å². The van der Waals surface area contributed by atoms with Gasteiger partial charge < -0.3 is 15.2 Å². The van der Waals surface area contributed by atoms with E-state index in [9.17, 15) is 32.7 Å². The van der Waals surface area contributed by atoms with Crippen LogP contribution in [0.2, 0.25) is 10.0 Å². The maximum absolute atomic E-state index is 14.3. The summed E-state index contributed by atoms with van der Waals surface area (Å²) in [5.74, 6) is -2.58. The van der Waals surface area contributed by atoms with Gasteiger partial charge in [-0.2, -0.15) is 18.3 Å². The number of rotatable bonds is 8. The molecule has 1 unspecified atom stereocenters. The minimum atomic E-state index is -4.92. The van der Waals surface area contributed by atoms with Crippen molar-refractivity contribution in [2.45, 2.75) is 89.3 Å². The Hall–Kier alpha value is -2.70. The molecule has 2 fully saturated rings. The number of nitrogens with zero attached hydrogens (tertiary/aromatic N) is 3. The number of carboxylic acids is 1. The van der Waals surface area contributed by atoms with Gasteiger partial charge in [0.15, 0.2) is 11.5 Å². The minimum absolute atomic E-state index is 0.00177. The monoisotopic (exact) mass is 604 g/mol. The highest BCUT2D eigenvalue weighted by Crippen LogP contribution is 2.43. The normalized spacial score (nSPS) is 25.9. The van der Waals surface area contributed by atoms with Gasteiger partial charge in [-0.05, 0) is 52.4 Å². The lowest BCUT2D eigenvalue weighted by atomic mass is 9.74. The van der Waals surface area contributed by atoms with Crippen LogP contribution in [0.15, 0.2) is 18.6 Å². The number of hydrogen-bond acceptors (Lipinski definition) is 6. The molecular weight excluding hydrogens is 576 g/mol. The second-order valence-electron chi connectivity index (χ2n) is 10.7. The number of pyridine rings is 1. The topological polar surface area (TPSA) is 123 Å². The number of ketones is 1. The van der Waals surface area contributed by atoms with Crippen molar-refractivity contribution in [1.29, 1.82) is 0 Å². The van der Waals surface area contributed by atoms with E-state index >= 15 is 0 Å². The van der Waals surface area contributed by atoms with Crippen LogP contribution >= 0.6 is 23.2 Å². The standard InChI is InChI=1S/C26H29Cl2F3N4O5/c1-13-3-4-20(40-13)18(9-19(36)21-16(27)11-32-12-17(21)28)34-23(37)15-10-33-35(22(15)26(29,30)31)14-5-7-25(2,8-6-14)24(38)39/h10-14,18,20H,3-9H2,1-2H3,(H,34,37)(H,38,39)/t13-,14?,18?,20+,25?/m0/s1. The smallest absolute Gasteiger partial charge is 0.433 e. The number of aromatic nitrogens is 3. The van der Waals surface area contributed by atoms with Crippen LogP contribution in [0.25, 0.3) is 0 Å². The fourth-order valence-electron chi connectivity index (χ4n) is 5.42. The van der Waals surface area contributed by atoms with Crippen LogP contribution in [0.3, 0.4) is 0 Å². The lowest BCUT2D eigenvalue weighted by Gasteiger charge is -2.34. The van der Waals surface area contributed by atoms with E-state index in [-0.39, 0.29) is 53.8 Å². The Balaban J connectivity index is 1.60. The Bertz CT molecular complexity index is 1270. The predicted octanol–water partition coefficient (Wildman–Crippen LogP) is 5.75. The lowest BCUT2D eigenvalue weighted by molar-refractivity contribution is -0.152. The second-order valence-corrected chi connectivity index (χ2v) is 11.5. The molecule has 14 heteroatoms. The first-order valence-corrected chi connectivity index (χ1v) is 13.6. The summed E-state index contributed by atoms with van der Waals surface area (Å²) in [7, 11) is 0. The minimum Gasteiger partial charge on any atom is -0.481 e. The molecule has 1 aliphatic carbocycles. The summed E-state index contributed by atoms with van der Waals surface area (Å²) in [6, 6.07) is -1.70. The molecule has 1 saturated carbocycles. The predicted molar refractivity (Wildman–Crippen MR) is 139 cm³/mol. The number of aliphatic carboxylic acids is 1. The first-order valence-electron chi connectivity index (χ1n) is 12.9. The summed E-state index contributed by atoms with van der Waals surface area (Å²) in [5, 5.41) is 16.0. The number of amides is 1. The summed E-state index contributed by atoms with van der Waals surface area (Å²) >= 11 is 12.2. The van der Waals surface area contributed by atoms with E-state index in [1.54, 1.807) is 6.92 Å². The zero-order chi connectivity index (χ0) is 29.4. The summed E-state index contributed by atoms with van der Waals surface area (Å²) in [6.07, 6.45) is -0.887. The number of hydrogen-bond donors (Lipinski definition) is 2. The second kappa shape index (κ2) is 11.7. The first kappa shape index (κ1) is 30.3. The number of alkyl halides is 3. The molecule has 0 aromatic carbocycles. The van der Waals surface area contributed by atoms with Gasteiger partial charge in [0.25, 0.3) is 5.91 Å². The van der Waals surface area contributed by atoms with Crippen molar-refractivity contribution in [3.05, 3.63) is 45.5 Å². The van der Waals surface area contributed by atoms with E-state index in [1.807, 2.05) is 6.92 Å². The van der Waals surface area contributed by atoms with Crippen LogP contribution in [0, 0.1) is 5.41 Å². The van der Waals surface area contributed by atoms with Crippen LogP contribution < -0.4 is 5.32 Å². The van der Waals surface area contributed by atoms with E-state index in [4.69, 9.17) is 27.9 Å². The number of nitrogens with one attached hydrogen (secondary N) is 1. The molecule has 218 valence electrons. The van der Waals surface area contributed by atoms with Crippen molar-refractivity contribution < 1.29 is 37.4 Å². The molecule has 40 heavy (non-hydrogen) atoms.